The molecule has 0 aromatic heterocycles. The molecular weight excluding hydrogens is 188 g/mol. The van der Waals surface area contributed by atoms with E-state index in [1.54, 1.807) is 0 Å². The molecular formula is C12H24N2O. The van der Waals surface area contributed by atoms with Gasteiger partial charge in [-0.25, -0.2) is 0 Å². The summed E-state index contributed by atoms with van der Waals surface area (Å²) in [5.41, 5.74) is 5.83. The molecule has 0 aliphatic heterocycles. The molecule has 3 heteroatoms. The van der Waals surface area contributed by atoms with Gasteiger partial charge in [-0.1, -0.05) is 13.8 Å². The second-order valence-electron chi connectivity index (χ2n) is 5.49. The molecule has 0 saturated heterocycles. The Balaban J connectivity index is 2.23. The summed E-state index contributed by atoms with van der Waals surface area (Å²) in [6.45, 7) is 6.39. The lowest BCUT2D eigenvalue weighted by Crippen LogP contribution is -2.50. The number of carbonyl (C=O) groups excluding carboxylic acids is 1. The van der Waals surface area contributed by atoms with E-state index in [0.717, 1.165) is 19.3 Å². The van der Waals surface area contributed by atoms with Crippen molar-refractivity contribution in [3.63, 3.8) is 0 Å². The van der Waals surface area contributed by atoms with Gasteiger partial charge >= 0.3 is 0 Å². The molecule has 1 aliphatic rings. The Labute approximate surface area is 92.8 Å². The average molecular weight is 212 g/mol. The van der Waals surface area contributed by atoms with E-state index < -0.39 is 0 Å². The lowest BCUT2D eigenvalue weighted by atomic mass is 9.75. The Morgan fingerprint density at radius 2 is 2.00 bits per heavy atom. The predicted octanol–water partition coefficient (Wildman–Crippen LogP) is 1.81. The van der Waals surface area contributed by atoms with Crippen LogP contribution in [0.1, 0.15) is 52.9 Å². The molecule has 1 rings (SSSR count). The predicted molar refractivity (Wildman–Crippen MR) is 62.4 cm³/mol. The topological polar surface area (TPSA) is 55.1 Å². The minimum Gasteiger partial charge on any atom is -0.354 e. The van der Waals surface area contributed by atoms with Crippen LogP contribution in [0.25, 0.3) is 0 Å². The summed E-state index contributed by atoms with van der Waals surface area (Å²) in [5.74, 6) is 0.737. The lowest BCUT2D eigenvalue weighted by molar-refractivity contribution is -0.123. The van der Waals surface area contributed by atoms with E-state index in [2.05, 4.69) is 26.1 Å². The summed E-state index contributed by atoms with van der Waals surface area (Å²) in [7, 11) is 0. The van der Waals surface area contributed by atoms with Crippen LogP contribution >= 0.6 is 0 Å². The average Bonchev–Trinajstić information content (AvgIpc) is 1.98. The van der Waals surface area contributed by atoms with Crippen LogP contribution in [-0.2, 0) is 4.79 Å². The maximum absolute atomic E-state index is 11.7. The van der Waals surface area contributed by atoms with Gasteiger partial charge in [0, 0.05) is 18.0 Å². The summed E-state index contributed by atoms with van der Waals surface area (Å²) < 4.78 is 0. The Bertz CT molecular complexity index is 222. The monoisotopic (exact) mass is 212 g/mol. The van der Waals surface area contributed by atoms with Crippen molar-refractivity contribution in [1.82, 2.24) is 5.32 Å². The maximum Gasteiger partial charge on any atom is 0.222 e. The SMILES string of the molecule is CC(C)CC(C)NC(=O)CC1(N)CCC1. The molecule has 3 N–H and O–H groups in total. The van der Waals surface area contributed by atoms with Crippen LogP contribution in [-0.4, -0.2) is 17.5 Å². The van der Waals surface area contributed by atoms with Crippen molar-refractivity contribution < 1.29 is 4.79 Å². The number of carbonyl (C=O) groups is 1. The lowest BCUT2D eigenvalue weighted by Gasteiger charge is -2.37. The van der Waals surface area contributed by atoms with Gasteiger partial charge in [0.1, 0.15) is 0 Å². The highest BCUT2D eigenvalue weighted by Crippen LogP contribution is 2.31. The van der Waals surface area contributed by atoms with E-state index in [1.807, 2.05) is 0 Å². The van der Waals surface area contributed by atoms with E-state index in [4.69, 9.17) is 5.73 Å². The van der Waals surface area contributed by atoms with Crippen LogP contribution in [0, 0.1) is 5.92 Å². The molecule has 1 saturated carbocycles. The minimum absolute atomic E-state index is 0.116. The van der Waals surface area contributed by atoms with Crippen LogP contribution in [0.5, 0.6) is 0 Å². The first-order valence-corrected chi connectivity index (χ1v) is 5.99. The summed E-state index contributed by atoms with van der Waals surface area (Å²) in [5, 5.41) is 3.02. The largest absolute Gasteiger partial charge is 0.354 e. The van der Waals surface area contributed by atoms with Crippen molar-refractivity contribution in [3.05, 3.63) is 0 Å². The van der Waals surface area contributed by atoms with Crippen LogP contribution in [0.3, 0.4) is 0 Å². The van der Waals surface area contributed by atoms with E-state index >= 15 is 0 Å². The fourth-order valence-electron chi connectivity index (χ4n) is 2.22. The molecule has 88 valence electrons. The fourth-order valence-corrected chi connectivity index (χ4v) is 2.22. The second kappa shape index (κ2) is 4.97. The third-order valence-electron chi connectivity index (χ3n) is 3.09. The van der Waals surface area contributed by atoms with E-state index in [9.17, 15) is 4.79 Å². The standard InChI is InChI=1S/C12H24N2O/c1-9(2)7-10(3)14-11(15)8-12(13)5-4-6-12/h9-10H,4-8,13H2,1-3H3,(H,14,15). The third kappa shape index (κ3) is 4.20. The summed E-state index contributed by atoms with van der Waals surface area (Å²) in [4.78, 5) is 11.7. The molecule has 1 amide bonds. The molecule has 0 aromatic rings. The highest BCUT2D eigenvalue weighted by Gasteiger charge is 2.34. The van der Waals surface area contributed by atoms with Crippen LogP contribution in [0.4, 0.5) is 0 Å². The molecule has 3 nitrogen and oxygen atoms in total. The van der Waals surface area contributed by atoms with Gasteiger partial charge in [0.05, 0.1) is 0 Å². The maximum atomic E-state index is 11.7. The van der Waals surface area contributed by atoms with Crippen molar-refractivity contribution in [2.45, 2.75) is 64.5 Å². The molecule has 15 heavy (non-hydrogen) atoms. The van der Waals surface area contributed by atoms with Crippen molar-refractivity contribution in [3.8, 4) is 0 Å². The Kier molecular flexibility index (Phi) is 4.14. The molecule has 0 aromatic carbocycles. The number of hydrogen-bond acceptors (Lipinski definition) is 2. The van der Waals surface area contributed by atoms with Gasteiger partial charge < -0.3 is 11.1 Å². The number of hydrogen-bond donors (Lipinski definition) is 2. The van der Waals surface area contributed by atoms with Gasteiger partial charge in [0.25, 0.3) is 0 Å². The van der Waals surface area contributed by atoms with Crippen LogP contribution in [0.2, 0.25) is 0 Å². The third-order valence-corrected chi connectivity index (χ3v) is 3.09. The minimum atomic E-state index is -0.193. The van der Waals surface area contributed by atoms with E-state index in [0.29, 0.717) is 12.3 Å². The Hall–Kier alpha value is -0.570. The molecule has 1 unspecified atom stereocenters. The Morgan fingerprint density at radius 1 is 1.40 bits per heavy atom. The summed E-state index contributed by atoms with van der Waals surface area (Å²) in [6, 6.07) is 0.265. The molecule has 1 atom stereocenters. The first kappa shape index (κ1) is 12.5. The van der Waals surface area contributed by atoms with Crippen LogP contribution < -0.4 is 11.1 Å². The zero-order chi connectivity index (χ0) is 11.5. The normalized spacial score (nSPS) is 20.9. The quantitative estimate of drug-likeness (QED) is 0.730. The highest BCUT2D eigenvalue weighted by atomic mass is 16.1. The smallest absolute Gasteiger partial charge is 0.222 e. The van der Waals surface area contributed by atoms with Crippen molar-refractivity contribution in [2.75, 3.05) is 0 Å². The molecule has 0 radical (unpaired) electrons. The molecule has 1 fully saturated rings. The van der Waals surface area contributed by atoms with Crippen molar-refractivity contribution in [2.24, 2.45) is 11.7 Å². The van der Waals surface area contributed by atoms with Gasteiger partial charge in [-0.15, -0.1) is 0 Å². The number of rotatable bonds is 5. The van der Waals surface area contributed by atoms with E-state index in [1.165, 1.54) is 6.42 Å². The number of nitrogens with one attached hydrogen (secondary N) is 1. The van der Waals surface area contributed by atoms with Gasteiger partial charge in [-0.05, 0) is 38.5 Å². The summed E-state index contributed by atoms with van der Waals surface area (Å²) >= 11 is 0. The molecule has 1 aliphatic carbocycles. The van der Waals surface area contributed by atoms with Gasteiger partial charge in [-0.2, -0.15) is 0 Å². The highest BCUT2D eigenvalue weighted by molar-refractivity contribution is 5.77. The molecule has 0 bridgehead atoms. The van der Waals surface area contributed by atoms with Gasteiger partial charge in [-0.3, -0.25) is 4.79 Å². The second-order valence-corrected chi connectivity index (χ2v) is 5.49. The molecule has 0 heterocycles. The first-order chi connectivity index (χ1) is 6.91. The van der Waals surface area contributed by atoms with Gasteiger partial charge in [0.2, 0.25) is 5.91 Å². The number of nitrogens with two attached hydrogens (primary N) is 1. The zero-order valence-electron chi connectivity index (χ0n) is 10.2. The first-order valence-electron chi connectivity index (χ1n) is 5.99. The van der Waals surface area contributed by atoms with E-state index in [-0.39, 0.29) is 17.5 Å². The fraction of sp³-hybridized carbons (Fsp3) is 0.917. The van der Waals surface area contributed by atoms with Crippen molar-refractivity contribution >= 4 is 5.91 Å². The van der Waals surface area contributed by atoms with Crippen molar-refractivity contribution in [1.29, 1.82) is 0 Å². The van der Waals surface area contributed by atoms with Gasteiger partial charge in [0.15, 0.2) is 0 Å². The molecule has 0 spiro atoms. The zero-order valence-corrected chi connectivity index (χ0v) is 10.2. The number of amides is 1. The summed E-state index contributed by atoms with van der Waals surface area (Å²) in [6.07, 6.45) is 4.70. The van der Waals surface area contributed by atoms with Crippen LogP contribution in [0.15, 0.2) is 0 Å². The Morgan fingerprint density at radius 3 is 2.40 bits per heavy atom.